The molecule has 3 rings (SSSR count). The molecule has 0 radical (unpaired) electrons. The van der Waals surface area contributed by atoms with Crippen LogP contribution in [0.1, 0.15) is 43.6 Å². The van der Waals surface area contributed by atoms with Crippen LogP contribution in [-0.4, -0.2) is 37.8 Å². The fourth-order valence-electron chi connectivity index (χ4n) is 3.43. The Balaban J connectivity index is 2.26. The van der Waals surface area contributed by atoms with Crippen LogP contribution < -0.4 is 4.90 Å². The number of aryl methyl sites for hydroxylation is 3. The third kappa shape index (κ3) is 3.23. The van der Waals surface area contributed by atoms with Gasteiger partial charge in [-0.2, -0.15) is 9.61 Å². The highest BCUT2D eigenvalue weighted by Crippen LogP contribution is 2.32. The third-order valence-corrected chi connectivity index (χ3v) is 4.48. The Kier molecular flexibility index (Phi) is 5.11. The number of fused-ring (bicyclic) bond motifs is 1. The van der Waals surface area contributed by atoms with E-state index >= 15 is 0 Å². The van der Waals surface area contributed by atoms with Crippen LogP contribution >= 0.6 is 0 Å². The summed E-state index contributed by atoms with van der Waals surface area (Å²) in [6.45, 7) is 12.3. The predicted octanol–water partition coefficient (Wildman–Crippen LogP) is 4.05. The number of aromatic hydroxyl groups is 1. The summed E-state index contributed by atoms with van der Waals surface area (Å²) in [6.07, 6.45) is 3.63. The zero-order valence-corrected chi connectivity index (χ0v) is 16.2. The number of rotatable bonds is 6. The summed E-state index contributed by atoms with van der Waals surface area (Å²) in [5.74, 6) is 1.24. The Morgan fingerprint density at radius 3 is 2.38 bits per heavy atom. The Morgan fingerprint density at radius 1 is 1.08 bits per heavy atom. The molecule has 0 unspecified atom stereocenters. The molecule has 0 aliphatic carbocycles. The van der Waals surface area contributed by atoms with Crippen LogP contribution in [-0.2, 0) is 0 Å². The van der Waals surface area contributed by atoms with E-state index in [1.807, 2.05) is 25.3 Å². The Hall–Kier alpha value is -2.63. The van der Waals surface area contributed by atoms with Crippen LogP contribution in [0, 0.1) is 20.8 Å². The molecule has 1 N–H and O–H groups in total. The Labute approximate surface area is 154 Å². The second-order valence-corrected chi connectivity index (χ2v) is 6.80. The van der Waals surface area contributed by atoms with Gasteiger partial charge in [-0.3, -0.25) is 4.98 Å². The molecule has 0 aromatic carbocycles. The maximum Gasteiger partial charge on any atom is 0.167 e. The first-order chi connectivity index (χ1) is 12.5. The number of anilines is 1. The monoisotopic (exact) mass is 353 g/mol. The molecule has 0 aliphatic rings. The number of aromatic nitrogens is 4. The van der Waals surface area contributed by atoms with E-state index in [1.165, 1.54) is 6.20 Å². The van der Waals surface area contributed by atoms with E-state index in [2.05, 4.69) is 29.8 Å². The van der Waals surface area contributed by atoms with Crippen LogP contribution in [0.5, 0.6) is 5.75 Å². The fraction of sp³-hybridized carbons (Fsp3) is 0.450. The molecule has 3 heterocycles. The van der Waals surface area contributed by atoms with Crippen molar-refractivity contribution in [2.45, 2.75) is 47.5 Å². The average Bonchev–Trinajstić information content (AvgIpc) is 2.90. The lowest BCUT2D eigenvalue weighted by Crippen LogP contribution is -2.27. The third-order valence-electron chi connectivity index (χ3n) is 4.48. The molecule has 0 saturated heterocycles. The minimum atomic E-state index is 0.169. The highest BCUT2D eigenvalue weighted by Gasteiger charge is 2.20. The first-order valence-electron chi connectivity index (χ1n) is 9.24. The Morgan fingerprint density at radius 2 is 1.77 bits per heavy atom. The second kappa shape index (κ2) is 7.32. The number of pyridine rings is 1. The smallest absolute Gasteiger partial charge is 0.167 e. The number of hydrogen-bond acceptors (Lipinski definition) is 5. The van der Waals surface area contributed by atoms with Crippen molar-refractivity contribution in [3.8, 4) is 17.0 Å². The molecule has 3 aromatic rings. The van der Waals surface area contributed by atoms with Crippen molar-refractivity contribution in [3.63, 3.8) is 0 Å². The molecule has 0 amide bonds. The lowest BCUT2D eigenvalue weighted by molar-refractivity contribution is 0.472. The predicted molar refractivity (Wildman–Crippen MR) is 105 cm³/mol. The minimum Gasteiger partial charge on any atom is -0.506 e. The summed E-state index contributed by atoms with van der Waals surface area (Å²) >= 11 is 0. The maximum absolute atomic E-state index is 9.69. The summed E-state index contributed by atoms with van der Waals surface area (Å²) in [5.41, 5.74) is 5.32. The molecule has 0 spiro atoms. The molecule has 0 saturated carbocycles. The highest BCUT2D eigenvalue weighted by atomic mass is 16.3. The second-order valence-electron chi connectivity index (χ2n) is 6.80. The molecule has 0 fully saturated rings. The number of nitrogens with zero attached hydrogens (tertiary/aromatic N) is 5. The lowest BCUT2D eigenvalue weighted by atomic mass is 10.1. The van der Waals surface area contributed by atoms with E-state index in [1.54, 1.807) is 6.07 Å². The fourth-order valence-corrected chi connectivity index (χ4v) is 3.43. The Bertz CT molecular complexity index is 926. The van der Waals surface area contributed by atoms with Gasteiger partial charge in [-0.1, -0.05) is 13.8 Å². The van der Waals surface area contributed by atoms with E-state index in [4.69, 9.17) is 10.1 Å². The largest absolute Gasteiger partial charge is 0.506 e. The van der Waals surface area contributed by atoms with E-state index in [-0.39, 0.29) is 5.75 Å². The average molecular weight is 353 g/mol. The summed E-state index contributed by atoms with van der Waals surface area (Å²) in [6, 6.07) is 3.83. The van der Waals surface area contributed by atoms with Gasteiger partial charge in [-0.25, -0.2) is 4.98 Å². The van der Waals surface area contributed by atoms with Crippen LogP contribution in [0.2, 0.25) is 0 Å². The summed E-state index contributed by atoms with van der Waals surface area (Å²) < 4.78 is 1.94. The van der Waals surface area contributed by atoms with E-state index in [0.717, 1.165) is 65.6 Å². The van der Waals surface area contributed by atoms with E-state index in [0.29, 0.717) is 0 Å². The van der Waals surface area contributed by atoms with E-state index in [9.17, 15) is 5.11 Å². The molecular formula is C20H27N5O. The van der Waals surface area contributed by atoms with Crippen molar-refractivity contribution in [2.24, 2.45) is 0 Å². The molecule has 138 valence electrons. The standard InChI is InChI=1S/C20H27N5O/c1-6-8-24(9-7-2)17-11-14(4)22-20-18(15(5)23-25(17)20)19-13(3)10-16(26)12-21-19/h10-12,26H,6-9H2,1-5H3. The summed E-state index contributed by atoms with van der Waals surface area (Å²) in [5, 5.41) is 14.5. The van der Waals surface area contributed by atoms with Gasteiger partial charge in [0.05, 0.1) is 23.1 Å². The van der Waals surface area contributed by atoms with Crippen molar-refractivity contribution in [1.29, 1.82) is 0 Å². The molecule has 6 nitrogen and oxygen atoms in total. The van der Waals surface area contributed by atoms with Gasteiger partial charge in [0.2, 0.25) is 0 Å². The van der Waals surface area contributed by atoms with Gasteiger partial charge in [0.15, 0.2) is 5.65 Å². The van der Waals surface area contributed by atoms with E-state index < -0.39 is 0 Å². The molecule has 6 heteroatoms. The van der Waals surface area contributed by atoms with Crippen LogP contribution in [0.25, 0.3) is 16.9 Å². The van der Waals surface area contributed by atoms with Crippen molar-refractivity contribution >= 4 is 11.5 Å². The van der Waals surface area contributed by atoms with Crippen molar-refractivity contribution in [3.05, 3.63) is 35.3 Å². The van der Waals surface area contributed by atoms with Crippen LogP contribution in [0.3, 0.4) is 0 Å². The van der Waals surface area contributed by atoms with Gasteiger partial charge in [0.25, 0.3) is 0 Å². The molecule has 0 atom stereocenters. The molecule has 26 heavy (non-hydrogen) atoms. The maximum atomic E-state index is 9.69. The van der Waals surface area contributed by atoms with Gasteiger partial charge in [-0.05, 0) is 45.2 Å². The normalized spacial score (nSPS) is 11.3. The summed E-state index contributed by atoms with van der Waals surface area (Å²) in [4.78, 5) is 11.6. The van der Waals surface area contributed by atoms with Crippen molar-refractivity contribution in [1.82, 2.24) is 19.6 Å². The van der Waals surface area contributed by atoms with Gasteiger partial charge < -0.3 is 10.0 Å². The van der Waals surface area contributed by atoms with Crippen molar-refractivity contribution in [2.75, 3.05) is 18.0 Å². The molecule has 3 aromatic heterocycles. The SMILES string of the molecule is CCCN(CCC)c1cc(C)nc2c(-c3ncc(O)cc3C)c(C)nn12. The highest BCUT2D eigenvalue weighted by molar-refractivity contribution is 5.80. The van der Waals surface area contributed by atoms with Crippen LogP contribution in [0.15, 0.2) is 18.3 Å². The topological polar surface area (TPSA) is 66.5 Å². The van der Waals surface area contributed by atoms with Gasteiger partial charge in [0, 0.05) is 24.8 Å². The molecule has 0 bridgehead atoms. The lowest BCUT2D eigenvalue weighted by Gasteiger charge is -2.24. The summed E-state index contributed by atoms with van der Waals surface area (Å²) in [7, 11) is 0. The zero-order chi connectivity index (χ0) is 18.8. The first-order valence-corrected chi connectivity index (χ1v) is 9.24. The van der Waals surface area contributed by atoms with Crippen LogP contribution in [0.4, 0.5) is 5.82 Å². The minimum absolute atomic E-state index is 0.169. The first kappa shape index (κ1) is 18.2. The van der Waals surface area contributed by atoms with Crippen molar-refractivity contribution < 1.29 is 5.11 Å². The zero-order valence-electron chi connectivity index (χ0n) is 16.2. The number of hydrogen-bond donors (Lipinski definition) is 1. The van der Waals surface area contributed by atoms with Gasteiger partial charge in [0.1, 0.15) is 11.6 Å². The molecular weight excluding hydrogens is 326 g/mol. The van der Waals surface area contributed by atoms with Gasteiger partial charge in [-0.15, -0.1) is 0 Å². The van der Waals surface area contributed by atoms with Gasteiger partial charge >= 0.3 is 0 Å². The molecule has 0 aliphatic heterocycles. The quantitative estimate of drug-likeness (QED) is 0.724.